The van der Waals surface area contributed by atoms with Crippen molar-refractivity contribution in [3.8, 4) is 0 Å². The van der Waals surface area contributed by atoms with E-state index >= 15 is 0 Å². The number of piperazine rings is 1. The van der Waals surface area contributed by atoms with Crippen molar-refractivity contribution in [2.24, 2.45) is 0 Å². The van der Waals surface area contributed by atoms with E-state index in [4.69, 9.17) is 0 Å². The maximum Gasteiger partial charge on any atom is 0.322 e. The van der Waals surface area contributed by atoms with E-state index in [-0.39, 0.29) is 6.03 Å². The number of anilines is 2. The van der Waals surface area contributed by atoms with Crippen LogP contribution < -0.4 is 10.2 Å². The third-order valence-corrected chi connectivity index (χ3v) is 5.30. The lowest BCUT2D eigenvalue weighted by Gasteiger charge is -2.36. The number of nitrogens with zero attached hydrogens (tertiary/aromatic N) is 3. The third-order valence-electron chi connectivity index (χ3n) is 5.30. The number of amides is 2. The molecule has 2 amide bonds. The Balaban J connectivity index is 1.70. The number of likely N-dealkylation sites (N-methyl/N-ethyl adjacent to an activating group) is 1. The second-order valence-electron chi connectivity index (χ2n) is 7.28. The van der Waals surface area contributed by atoms with Crippen molar-refractivity contribution < 1.29 is 4.79 Å². The molecule has 0 aromatic heterocycles. The number of urea groups is 1. The maximum absolute atomic E-state index is 13.0. The molecule has 0 spiro atoms. The topological polar surface area (TPSA) is 38.8 Å². The first-order chi connectivity index (χ1) is 13.7. The molecule has 2 aromatic rings. The lowest BCUT2D eigenvalue weighted by Crippen LogP contribution is -2.46. The van der Waals surface area contributed by atoms with Crippen molar-refractivity contribution in [3.63, 3.8) is 0 Å². The average molecular weight is 381 g/mol. The smallest absolute Gasteiger partial charge is 0.322 e. The number of carbonyl (C=O) groups excluding carboxylic acids is 1. The second kappa shape index (κ2) is 10.1. The molecule has 5 heteroatoms. The summed E-state index contributed by atoms with van der Waals surface area (Å²) < 4.78 is 0. The van der Waals surface area contributed by atoms with E-state index in [2.05, 4.69) is 47.2 Å². The second-order valence-corrected chi connectivity index (χ2v) is 7.28. The fourth-order valence-electron chi connectivity index (χ4n) is 3.68. The standard InChI is InChI=1S/C23H32N4O/c1-3-14-27(19-20-10-6-5-7-11-20)23(28)24-21-12-8-9-13-22(21)26-17-15-25(4-2)16-18-26/h5-13H,3-4,14-19H2,1-2H3,(H,24,28). The molecule has 5 nitrogen and oxygen atoms in total. The van der Waals surface area contributed by atoms with E-state index in [1.807, 2.05) is 41.3 Å². The number of hydrogen-bond acceptors (Lipinski definition) is 3. The van der Waals surface area contributed by atoms with Gasteiger partial charge in [-0.05, 0) is 30.7 Å². The Morgan fingerprint density at radius 3 is 2.32 bits per heavy atom. The van der Waals surface area contributed by atoms with Gasteiger partial charge in [-0.15, -0.1) is 0 Å². The monoisotopic (exact) mass is 380 g/mol. The van der Waals surface area contributed by atoms with Crippen LogP contribution in [-0.4, -0.2) is 55.1 Å². The normalized spacial score (nSPS) is 14.7. The number of carbonyl (C=O) groups is 1. The van der Waals surface area contributed by atoms with Crippen molar-refractivity contribution >= 4 is 17.4 Å². The lowest BCUT2D eigenvalue weighted by molar-refractivity contribution is 0.209. The van der Waals surface area contributed by atoms with E-state index in [9.17, 15) is 4.79 Å². The van der Waals surface area contributed by atoms with E-state index < -0.39 is 0 Å². The van der Waals surface area contributed by atoms with Crippen molar-refractivity contribution in [3.05, 3.63) is 60.2 Å². The van der Waals surface area contributed by atoms with E-state index in [1.165, 1.54) is 0 Å². The Labute approximate surface area is 168 Å². The highest BCUT2D eigenvalue weighted by molar-refractivity contribution is 5.93. The summed E-state index contributed by atoms with van der Waals surface area (Å²) in [6.45, 7) is 10.9. The Bertz CT molecular complexity index is 741. The molecule has 0 unspecified atom stereocenters. The molecule has 3 rings (SSSR count). The van der Waals surface area contributed by atoms with E-state index in [0.29, 0.717) is 6.54 Å². The van der Waals surface area contributed by atoms with Gasteiger partial charge in [-0.25, -0.2) is 4.79 Å². The molecule has 0 atom stereocenters. The van der Waals surface area contributed by atoms with Crippen LogP contribution in [0, 0.1) is 0 Å². The predicted octanol–water partition coefficient (Wildman–Crippen LogP) is 4.27. The molecule has 2 aromatic carbocycles. The van der Waals surface area contributed by atoms with Gasteiger partial charge in [0.25, 0.3) is 0 Å². The van der Waals surface area contributed by atoms with Gasteiger partial charge in [-0.1, -0.05) is 56.3 Å². The molecule has 150 valence electrons. The van der Waals surface area contributed by atoms with Crippen molar-refractivity contribution in [1.29, 1.82) is 0 Å². The first-order valence-electron chi connectivity index (χ1n) is 10.4. The Morgan fingerprint density at radius 2 is 1.64 bits per heavy atom. The largest absolute Gasteiger partial charge is 0.367 e. The number of nitrogens with one attached hydrogen (secondary N) is 1. The molecule has 28 heavy (non-hydrogen) atoms. The minimum absolute atomic E-state index is 0.0367. The molecular weight excluding hydrogens is 348 g/mol. The van der Waals surface area contributed by atoms with Gasteiger partial charge in [0.15, 0.2) is 0 Å². The fraction of sp³-hybridized carbons (Fsp3) is 0.435. The highest BCUT2D eigenvalue weighted by Gasteiger charge is 2.20. The average Bonchev–Trinajstić information content (AvgIpc) is 2.74. The molecule has 0 bridgehead atoms. The van der Waals surface area contributed by atoms with Gasteiger partial charge in [0.1, 0.15) is 0 Å². The van der Waals surface area contributed by atoms with Crippen LogP contribution in [0.25, 0.3) is 0 Å². The Morgan fingerprint density at radius 1 is 0.964 bits per heavy atom. The van der Waals surface area contributed by atoms with Crippen molar-refractivity contribution in [2.75, 3.05) is 49.5 Å². The summed E-state index contributed by atoms with van der Waals surface area (Å²) in [5.74, 6) is 0. The molecule has 0 saturated carbocycles. The van der Waals surface area contributed by atoms with Crippen LogP contribution in [0.15, 0.2) is 54.6 Å². The van der Waals surface area contributed by atoms with Crippen LogP contribution in [0.4, 0.5) is 16.2 Å². The van der Waals surface area contributed by atoms with Crippen LogP contribution in [0.1, 0.15) is 25.8 Å². The molecule has 1 aliphatic rings. The number of rotatable bonds is 7. The Hall–Kier alpha value is -2.53. The molecule has 1 aliphatic heterocycles. The van der Waals surface area contributed by atoms with Crippen LogP contribution >= 0.6 is 0 Å². The quantitative estimate of drug-likeness (QED) is 0.779. The van der Waals surface area contributed by atoms with Crippen LogP contribution in [-0.2, 0) is 6.54 Å². The molecule has 0 aliphatic carbocycles. The summed E-state index contributed by atoms with van der Waals surface area (Å²) in [5.41, 5.74) is 3.16. The van der Waals surface area contributed by atoms with Crippen LogP contribution in [0.2, 0.25) is 0 Å². The summed E-state index contributed by atoms with van der Waals surface area (Å²) in [6.07, 6.45) is 0.931. The van der Waals surface area contributed by atoms with Crippen LogP contribution in [0.5, 0.6) is 0 Å². The minimum atomic E-state index is -0.0367. The predicted molar refractivity (Wildman–Crippen MR) is 117 cm³/mol. The Kier molecular flexibility index (Phi) is 7.31. The summed E-state index contributed by atoms with van der Waals surface area (Å²) in [6, 6.07) is 18.3. The number of hydrogen-bond donors (Lipinski definition) is 1. The maximum atomic E-state index is 13.0. The fourth-order valence-corrected chi connectivity index (χ4v) is 3.68. The summed E-state index contributed by atoms with van der Waals surface area (Å²) in [7, 11) is 0. The summed E-state index contributed by atoms with van der Waals surface area (Å²) >= 11 is 0. The lowest BCUT2D eigenvalue weighted by atomic mass is 10.2. The van der Waals surface area contributed by atoms with Crippen LogP contribution in [0.3, 0.4) is 0 Å². The van der Waals surface area contributed by atoms with Gasteiger partial charge in [0, 0.05) is 39.3 Å². The molecular formula is C23H32N4O. The van der Waals surface area contributed by atoms with Gasteiger partial charge in [0.2, 0.25) is 0 Å². The zero-order chi connectivity index (χ0) is 19.8. The summed E-state index contributed by atoms with van der Waals surface area (Å²) in [4.78, 5) is 19.8. The van der Waals surface area contributed by atoms with Crippen molar-refractivity contribution in [1.82, 2.24) is 9.80 Å². The highest BCUT2D eigenvalue weighted by atomic mass is 16.2. The van der Waals surface area contributed by atoms with Gasteiger partial charge in [-0.2, -0.15) is 0 Å². The zero-order valence-electron chi connectivity index (χ0n) is 17.1. The zero-order valence-corrected chi connectivity index (χ0v) is 17.1. The van der Waals surface area contributed by atoms with Gasteiger partial charge < -0.3 is 20.0 Å². The minimum Gasteiger partial charge on any atom is -0.367 e. The van der Waals surface area contributed by atoms with Gasteiger partial charge in [-0.3, -0.25) is 0 Å². The van der Waals surface area contributed by atoms with Gasteiger partial charge >= 0.3 is 6.03 Å². The van der Waals surface area contributed by atoms with E-state index in [1.54, 1.807) is 0 Å². The first-order valence-corrected chi connectivity index (χ1v) is 10.4. The molecule has 1 saturated heterocycles. The first kappa shape index (κ1) is 20.2. The van der Waals surface area contributed by atoms with E-state index in [0.717, 1.165) is 62.6 Å². The highest BCUT2D eigenvalue weighted by Crippen LogP contribution is 2.27. The molecule has 1 fully saturated rings. The van der Waals surface area contributed by atoms with Gasteiger partial charge in [0.05, 0.1) is 11.4 Å². The number of benzene rings is 2. The third kappa shape index (κ3) is 5.26. The SMILES string of the molecule is CCCN(Cc1ccccc1)C(=O)Nc1ccccc1N1CCN(CC)CC1. The molecule has 1 heterocycles. The van der Waals surface area contributed by atoms with Crippen molar-refractivity contribution in [2.45, 2.75) is 26.8 Å². The summed E-state index contributed by atoms with van der Waals surface area (Å²) in [5, 5.41) is 3.17. The molecule has 0 radical (unpaired) electrons. The number of para-hydroxylation sites is 2. The molecule has 1 N–H and O–H groups in total.